The van der Waals surface area contributed by atoms with Gasteiger partial charge in [-0.2, -0.15) is 0 Å². The molecule has 3 amide bonds. The minimum atomic E-state index is -1.16. The van der Waals surface area contributed by atoms with E-state index in [4.69, 9.17) is 4.74 Å². The summed E-state index contributed by atoms with van der Waals surface area (Å²) in [5, 5.41) is 7.86. The van der Waals surface area contributed by atoms with Crippen molar-refractivity contribution in [1.29, 1.82) is 0 Å². The molecule has 0 aliphatic rings. The van der Waals surface area contributed by atoms with E-state index in [1.165, 1.54) is 42.5 Å². The molecule has 0 fully saturated rings. The second kappa shape index (κ2) is 16.0. The lowest BCUT2D eigenvalue weighted by molar-refractivity contribution is -0.131. The van der Waals surface area contributed by atoms with Crippen molar-refractivity contribution in [3.05, 3.63) is 107 Å². The van der Waals surface area contributed by atoms with Gasteiger partial charge in [-0.3, -0.25) is 9.59 Å². The van der Waals surface area contributed by atoms with Crippen molar-refractivity contribution in [2.24, 2.45) is 5.92 Å². The van der Waals surface area contributed by atoms with E-state index in [1.54, 1.807) is 30.3 Å². The Kier molecular flexibility index (Phi) is 12.2. The molecular weight excluding hydrogens is 544 g/mol. The van der Waals surface area contributed by atoms with E-state index in [-0.39, 0.29) is 31.8 Å². The van der Waals surface area contributed by atoms with Gasteiger partial charge in [-0.25, -0.2) is 13.6 Å². The van der Waals surface area contributed by atoms with Crippen LogP contribution in [0.25, 0.3) is 0 Å². The monoisotopic (exact) mass is 579 g/mol. The minimum absolute atomic E-state index is 0.000891. The van der Waals surface area contributed by atoms with Crippen LogP contribution in [-0.4, -0.2) is 42.3 Å². The molecule has 10 heteroatoms. The quantitative estimate of drug-likeness (QED) is 0.247. The van der Waals surface area contributed by atoms with E-state index < -0.39 is 47.7 Å². The number of rotatable bonds is 14. The predicted molar refractivity (Wildman–Crippen MR) is 153 cm³/mol. The van der Waals surface area contributed by atoms with Crippen molar-refractivity contribution in [3.63, 3.8) is 0 Å². The van der Waals surface area contributed by atoms with Crippen LogP contribution in [0.3, 0.4) is 0 Å². The van der Waals surface area contributed by atoms with Gasteiger partial charge in [0.25, 0.3) is 0 Å². The number of benzene rings is 3. The summed E-state index contributed by atoms with van der Waals surface area (Å²) in [4.78, 5) is 51.1. The van der Waals surface area contributed by atoms with E-state index >= 15 is 0 Å². The Morgan fingerprint density at radius 2 is 1.40 bits per heavy atom. The Bertz CT molecular complexity index is 1340. The Labute approximate surface area is 243 Å². The first-order chi connectivity index (χ1) is 20.1. The highest BCUT2D eigenvalue weighted by atomic mass is 19.1. The number of carbonyl (C=O) groups is 4. The standard InChI is InChI=1S/C32H35F2N3O5/c1-21(2)15-28(30(39)35-27(19-38)17-24-9-6-10-26(34)16-24)36-31(40)29(18-22-11-13-25(33)14-12-22)37-32(41)42-20-23-7-4-3-5-8-23/h3-14,16,19,21,27-29H,15,17-18,20H2,1-2H3,(H,35,39)(H,36,40)(H,37,41)/t27?,28-,29-/m0/s1. The molecule has 3 aromatic rings. The molecular formula is C32H35F2N3O5. The van der Waals surface area contributed by atoms with Crippen molar-refractivity contribution < 1.29 is 32.7 Å². The van der Waals surface area contributed by atoms with E-state index in [0.717, 1.165) is 5.56 Å². The van der Waals surface area contributed by atoms with Crippen molar-refractivity contribution in [3.8, 4) is 0 Å². The molecule has 3 aromatic carbocycles. The number of nitrogens with one attached hydrogen (secondary N) is 3. The number of amides is 3. The summed E-state index contributed by atoms with van der Waals surface area (Å²) in [6, 6.07) is 17.0. The fourth-order valence-corrected chi connectivity index (χ4v) is 4.28. The molecule has 0 radical (unpaired) electrons. The molecule has 0 aliphatic heterocycles. The van der Waals surface area contributed by atoms with Gasteiger partial charge in [-0.15, -0.1) is 0 Å². The van der Waals surface area contributed by atoms with Crippen LogP contribution in [0.15, 0.2) is 78.9 Å². The molecule has 3 rings (SSSR count). The molecule has 222 valence electrons. The van der Waals surface area contributed by atoms with Crippen molar-refractivity contribution in [1.82, 2.24) is 16.0 Å². The molecule has 0 saturated carbocycles. The maximum absolute atomic E-state index is 13.6. The Morgan fingerprint density at radius 3 is 2.05 bits per heavy atom. The number of carbonyl (C=O) groups excluding carboxylic acids is 4. The SMILES string of the molecule is CC(C)C[C@H](NC(=O)[C@H](Cc1ccc(F)cc1)NC(=O)OCc1ccccc1)C(=O)NC(C=O)Cc1cccc(F)c1. The Balaban J connectivity index is 1.72. The van der Waals surface area contributed by atoms with Gasteiger partial charge in [0.05, 0.1) is 6.04 Å². The van der Waals surface area contributed by atoms with Crippen LogP contribution in [0.5, 0.6) is 0 Å². The summed E-state index contributed by atoms with van der Waals surface area (Å²) in [5.41, 5.74) is 1.85. The summed E-state index contributed by atoms with van der Waals surface area (Å²) in [5.74, 6) is -2.19. The fraction of sp³-hybridized carbons (Fsp3) is 0.312. The first-order valence-corrected chi connectivity index (χ1v) is 13.6. The van der Waals surface area contributed by atoms with E-state index in [1.807, 2.05) is 19.9 Å². The van der Waals surface area contributed by atoms with Gasteiger partial charge >= 0.3 is 6.09 Å². The maximum Gasteiger partial charge on any atom is 0.408 e. The summed E-state index contributed by atoms with van der Waals surface area (Å²) < 4.78 is 32.3. The first kappa shape index (κ1) is 31.9. The predicted octanol–water partition coefficient (Wildman–Crippen LogP) is 4.26. The third kappa shape index (κ3) is 10.8. The van der Waals surface area contributed by atoms with Gasteiger partial charge in [0.15, 0.2) is 0 Å². The number of alkyl carbamates (subject to hydrolysis) is 1. The van der Waals surface area contributed by atoms with Crippen LogP contribution in [0.1, 0.15) is 37.0 Å². The average Bonchev–Trinajstić information content (AvgIpc) is 2.96. The molecule has 0 saturated heterocycles. The molecule has 42 heavy (non-hydrogen) atoms. The first-order valence-electron chi connectivity index (χ1n) is 13.6. The van der Waals surface area contributed by atoms with Crippen LogP contribution in [-0.2, 0) is 38.6 Å². The average molecular weight is 580 g/mol. The molecule has 0 bridgehead atoms. The lowest BCUT2D eigenvalue weighted by Crippen LogP contribution is -2.56. The molecule has 3 N–H and O–H groups in total. The summed E-state index contributed by atoms with van der Waals surface area (Å²) >= 11 is 0. The normalized spacial score (nSPS) is 13.0. The lowest BCUT2D eigenvalue weighted by Gasteiger charge is -2.25. The maximum atomic E-state index is 13.6. The van der Waals surface area contributed by atoms with E-state index in [9.17, 15) is 28.0 Å². The number of aldehydes is 1. The number of halogens is 2. The highest BCUT2D eigenvalue weighted by Gasteiger charge is 2.29. The smallest absolute Gasteiger partial charge is 0.408 e. The molecule has 1 unspecified atom stereocenters. The van der Waals surface area contributed by atoms with Crippen LogP contribution in [0.4, 0.5) is 13.6 Å². The second-order valence-electron chi connectivity index (χ2n) is 10.4. The fourth-order valence-electron chi connectivity index (χ4n) is 4.28. The second-order valence-corrected chi connectivity index (χ2v) is 10.4. The van der Waals surface area contributed by atoms with Gasteiger partial charge in [-0.1, -0.05) is 68.4 Å². The van der Waals surface area contributed by atoms with Gasteiger partial charge in [-0.05, 0) is 59.7 Å². The zero-order valence-corrected chi connectivity index (χ0v) is 23.5. The van der Waals surface area contributed by atoms with Gasteiger partial charge in [0.2, 0.25) is 11.8 Å². The zero-order valence-electron chi connectivity index (χ0n) is 23.5. The molecule has 0 heterocycles. The lowest BCUT2D eigenvalue weighted by atomic mass is 10.00. The summed E-state index contributed by atoms with van der Waals surface area (Å²) in [6.07, 6.45) is 0.0158. The van der Waals surface area contributed by atoms with Crippen LogP contribution in [0, 0.1) is 17.6 Å². The number of hydrogen-bond donors (Lipinski definition) is 3. The Morgan fingerprint density at radius 1 is 0.738 bits per heavy atom. The number of ether oxygens (including phenoxy) is 1. The molecule has 0 aromatic heterocycles. The molecule has 0 spiro atoms. The Hall–Kier alpha value is -4.60. The van der Waals surface area contributed by atoms with Crippen molar-refractivity contribution >= 4 is 24.2 Å². The van der Waals surface area contributed by atoms with Crippen molar-refractivity contribution in [2.45, 2.75) is 57.8 Å². The van der Waals surface area contributed by atoms with Crippen molar-refractivity contribution in [2.75, 3.05) is 0 Å². The van der Waals surface area contributed by atoms with Crippen LogP contribution in [0.2, 0.25) is 0 Å². The minimum Gasteiger partial charge on any atom is -0.445 e. The van der Waals surface area contributed by atoms with Gasteiger partial charge < -0.3 is 25.5 Å². The summed E-state index contributed by atoms with van der Waals surface area (Å²) in [7, 11) is 0. The van der Waals surface area contributed by atoms with Crippen LogP contribution >= 0.6 is 0 Å². The highest BCUT2D eigenvalue weighted by Crippen LogP contribution is 2.11. The molecule has 8 nitrogen and oxygen atoms in total. The summed E-state index contributed by atoms with van der Waals surface area (Å²) in [6.45, 7) is 3.71. The topological polar surface area (TPSA) is 114 Å². The number of hydrogen-bond acceptors (Lipinski definition) is 5. The van der Waals surface area contributed by atoms with Gasteiger partial charge in [0, 0.05) is 6.42 Å². The molecule has 0 aliphatic carbocycles. The zero-order chi connectivity index (χ0) is 30.5. The molecule has 3 atom stereocenters. The third-order valence-corrected chi connectivity index (χ3v) is 6.35. The van der Waals surface area contributed by atoms with Gasteiger partial charge in [0.1, 0.15) is 36.6 Å². The van der Waals surface area contributed by atoms with E-state index in [0.29, 0.717) is 17.4 Å². The van der Waals surface area contributed by atoms with Crippen LogP contribution < -0.4 is 16.0 Å². The largest absolute Gasteiger partial charge is 0.445 e. The highest BCUT2D eigenvalue weighted by molar-refractivity contribution is 5.92. The van der Waals surface area contributed by atoms with E-state index in [2.05, 4.69) is 16.0 Å². The third-order valence-electron chi connectivity index (χ3n) is 6.35.